The third kappa shape index (κ3) is 3.69. The summed E-state index contributed by atoms with van der Waals surface area (Å²) in [5.74, 6) is 4.82. The molecule has 0 fully saturated rings. The molecule has 2 aromatic rings. The highest BCUT2D eigenvalue weighted by atomic mass is 32.1. The van der Waals surface area contributed by atoms with Gasteiger partial charge in [0.25, 0.3) is 5.91 Å². The summed E-state index contributed by atoms with van der Waals surface area (Å²) in [6.07, 6.45) is 0. The molecule has 0 aliphatic rings. The van der Waals surface area contributed by atoms with Crippen molar-refractivity contribution in [2.24, 2.45) is 11.5 Å². The monoisotopic (exact) mass is 299 g/mol. The number of anilines is 1. The SMILES string of the molecule is NCC#Cc1ccsc1C(=O)Nc1ccc(C(N)=O)cc1. The van der Waals surface area contributed by atoms with E-state index in [1.165, 1.54) is 11.3 Å². The van der Waals surface area contributed by atoms with E-state index in [0.717, 1.165) is 0 Å². The molecular formula is C15H13N3O2S. The molecule has 0 saturated heterocycles. The summed E-state index contributed by atoms with van der Waals surface area (Å²) in [6.45, 7) is 0.242. The van der Waals surface area contributed by atoms with Crippen LogP contribution in [0.4, 0.5) is 5.69 Å². The lowest BCUT2D eigenvalue weighted by atomic mass is 10.2. The Kier molecular flexibility index (Phi) is 4.72. The Morgan fingerprint density at radius 3 is 2.52 bits per heavy atom. The van der Waals surface area contributed by atoms with Gasteiger partial charge in [-0.3, -0.25) is 9.59 Å². The summed E-state index contributed by atoms with van der Waals surface area (Å²) >= 11 is 1.31. The first-order chi connectivity index (χ1) is 10.1. The minimum absolute atomic E-state index is 0.242. The van der Waals surface area contributed by atoms with E-state index in [2.05, 4.69) is 17.2 Å². The Morgan fingerprint density at radius 2 is 1.90 bits per heavy atom. The fraction of sp³-hybridized carbons (Fsp3) is 0.0667. The number of nitrogens with one attached hydrogen (secondary N) is 1. The predicted octanol–water partition coefficient (Wildman–Crippen LogP) is 1.41. The summed E-state index contributed by atoms with van der Waals surface area (Å²) < 4.78 is 0. The molecule has 5 N–H and O–H groups in total. The summed E-state index contributed by atoms with van der Waals surface area (Å²) in [6, 6.07) is 8.13. The highest BCUT2D eigenvalue weighted by Crippen LogP contribution is 2.18. The third-order valence-electron chi connectivity index (χ3n) is 2.62. The molecule has 21 heavy (non-hydrogen) atoms. The van der Waals surface area contributed by atoms with Gasteiger partial charge < -0.3 is 16.8 Å². The molecule has 0 aliphatic carbocycles. The van der Waals surface area contributed by atoms with Gasteiger partial charge in [-0.1, -0.05) is 11.8 Å². The zero-order valence-electron chi connectivity index (χ0n) is 11.1. The third-order valence-corrected chi connectivity index (χ3v) is 3.54. The second-order valence-corrected chi connectivity index (χ2v) is 4.98. The number of primary amides is 1. The second kappa shape index (κ2) is 6.70. The van der Waals surface area contributed by atoms with E-state index >= 15 is 0 Å². The van der Waals surface area contributed by atoms with E-state index in [-0.39, 0.29) is 12.5 Å². The molecule has 2 amide bonds. The number of rotatable bonds is 3. The maximum absolute atomic E-state index is 12.2. The second-order valence-electron chi connectivity index (χ2n) is 4.07. The molecule has 0 saturated carbocycles. The van der Waals surface area contributed by atoms with Gasteiger partial charge in [-0.2, -0.15) is 0 Å². The fourth-order valence-corrected chi connectivity index (χ4v) is 2.38. The fourth-order valence-electron chi connectivity index (χ4n) is 1.64. The zero-order valence-corrected chi connectivity index (χ0v) is 11.9. The van der Waals surface area contributed by atoms with E-state index in [4.69, 9.17) is 11.5 Å². The van der Waals surface area contributed by atoms with Crippen LogP contribution >= 0.6 is 11.3 Å². The molecule has 0 unspecified atom stereocenters. The number of hydrogen-bond donors (Lipinski definition) is 3. The van der Waals surface area contributed by atoms with Crippen molar-refractivity contribution >= 4 is 28.8 Å². The number of carbonyl (C=O) groups excluding carboxylic acids is 2. The number of thiophene rings is 1. The quantitative estimate of drug-likeness (QED) is 0.747. The number of nitrogens with two attached hydrogens (primary N) is 2. The number of carbonyl (C=O) groups is 2. The van der Waals surface area contributed by atoms with Crippen LogP contribution < -0.4 is 16.8 Å². The smallest absolute Gasteiger partial charge is 0.267 e. The van der Waals surface area contributed by atoms with E-state index in [1.807, 2.05) is 0 Å². The molecule has 0 bridgehead atoms. The number of amides is 2. The van der Waals surface area contributed by atoms with Gasteiger partial charge >= 0.3 is 0 Å². The van der Waals surface area contributed by atoms with Crippen molar-refractivity contribution in [3.63, 3.8) is 0 Å². The summed E-state index contributed by atoms with van der Waals surface area (Å²) in [4.78, 5) is 23.7. The average molecular weight is 299 g/mol. The minimum atomic E-state index is -0.509. The van der Waals surface area contributed by atoms with Crippen LogP contribution in [-0.2, 0) is 0 Å². The lowest BCUT2D eigenvalue weighted by molar-refractivity contribution is 0.0998. The van der Waals surface area contributed by atoms with Gasteiger partial charge in [0.15, 0.2) is 0 Å². The van der Waals surface area contributed by atoms with E-state index in [0.29, 0.717) is 21.7 Å². The molecule has 106 valence electrons. The first-order valence-corrected chi connectivity index (χ1v) is 6.97. The van der Waals surface area contributed by atoms with Gasteiger partial charge in [-0.05, 0) is 35.7 Å². The maximum atomic E-state index is 12.2. The topological polar surface area (TPSA) is 98.2 Å². The van der Waals surface area contributed by atoms with Gasteiger partial charge in [0.2, 0.25) is 5.91 Å². The molecule has 0 atom stereocenters. The van der Waals surface area contributed by atoms with Crippen LogP contribution in [0.15, 0.2) is 35.7 Å². The van der Waals surface area contributed by atoms with Gasteiger partial charge in [-0.25, -0.2) is 0 Å². The normalized spacial score (nSPS) is 9.57. The van der Waals surface area contributed by atoms with Crippen LogP contribution in [0.5, 0.6) is 0 Å². The Morgan fingerprint density at radius 1 is 1.19 bits per heavy atom. The van der Waals surface area contributed by atoms with Crippen molar-refractivity contribution in [1.82, 2.24) is 0 Å². The first-order valence-electron chi connectivity index (χ1n) is 6.09. The molecule has 0 radical (unpaired) electrons. The molecule has 5 nitrogen and oxygen atoms in total. The molecule has 1 aromatic heterocycles. The summed E-state index contributed by atoms with van der Waals surface area (Å²) in [5, 5.41) is 4.54. The number of benzene rings is 1. The largest absolute Gasteiger partial charge is 0.366 e. The Balaban J connectivity index is 2.14. The summed E-state index contributed by atoms with van der Waals surface area (Å²) in [5.41, 5.74) is 12.1. The van der Waals surface area contributed by atoms with Gasteiger partial charge in [0.1, 0.15) is 4.88 Å². The molecule has 6 heteroatoms. The van der Waals surface area contributed by atoms with E-state index in [9.17, 15) is 9.59 Å². The van der Waals surface area contributed by atoms with Crippen LogP contribution in [-0.4, -0.2) is 18.4 Å². The zero-order chi connectivity index (χ0) is 15.2. The minimum Gasteiger partial charge on any atom is -0.366 e. The standard InChI is InChI=1S/C15H13N3O2S/c16-8-1-2-10-7-9-21-13(10)15(20)18-12-5-3-11(4-6-12)14(17)19/h3-7,9H,8,16H2,(H2,17,19)(H,18,20). The van der Waals surface area contributed by atoms with E-state index in [1.54, 1.807) is 35.7 Å². The van der Waals surface area contributed by atoms with Crippen LogP contribution in [0, 0.1) is 11.8 Å². The van der Waals surface area contributed by atoms with Gasteiger partial charge in [0.05, 0.1) is 6.54 Å². The van der Waals surface area contributed by atoms with Crippen molar-refractivity contribution in [3.05, 3.63) is 51.7 Å². The Hall–Kier alpha value is -2.62. The van der Waals surface area contributed by atoms with Gasteiger partial charge in [0, 0.05) is 16.8 Å². The molecule has 0 spiro atoms. The molecular weight excluding hydrogens is 286 g/mol. The summed E-state index contributed by atoms with van der Waals surface area (Å²) in [7, 11) is 0. The molecule has 0 aliphatic heterocycles. The Bertz CT molecular complexity index is 723. The lowest BCUT2D eigenvalue weighted by Gasteiger charge is -2.04. The first kappa shape index (κ1) is 14.8. The van der Waals surface area contributed by atoms with Crippen molar-refractivity contribution in [2.75, 3.05) is 11.9 Å². The molecule has 2 rings (SSSR count). The Labute approximate surface area is 126 Å². The van der Waals surface area contributed by atoms with Crippen LogP contribution in [0.2, 0.25) is 0 Å². The highest BCUT2D eigenvalue weighted by Gasteiger charge is 2.12. The molecule has 1 aromatic carbocycles. The van der Waals surface area contributed by atoms with Crippen LogP contribution in [0.3, 0.4) is 0 Å². The van der Waals surface area contributed by atoms with Crippen molar-refractivity contribution in [1.29, 1.82) is 0 Å². The maximum Gasteiger partial charge on any atom is 0.267 e. The van der Waals surface area contributed by atoms with Crippen molar-refractivity contribution in [3.8, 4) is 11.8 Å². The van der Waals surface area contributed by atoms with Gasteiger partial charge in [-0.15, -0.1) is 11.3 Å². The highest BCUT2D eigenvalue weighted by molar-refractivity contribution is 7.12. The number of hydrogen-bond acceptors (Lipinski definition) is 4. The average Bonchev–Trinajstić information content (AvgIpc) is 2.94. The predicted molar refractivity (Wildman–Crippen MR) is 83.2 cm³/mol. The van der Waals surface area contributed by atoms with Crippen LogP contribution in [0.25, 0.3) is 0 Å². The van der Waals surface area contributed by atoms with Crippen molar-refractivity contribution < 1.29 is 9.59 Å². The van der Waals surface area contributed by atoms with E-state index < -0.39 is 5.91 Å². The lowest BCUT2D eigenvalue weighted by Crippen LogP contribution is -2.13. The van der Waals surface area contributed by atoms with Crippen molar-refractivity contribution in [2.45, 2.75) is 0 Å². The molecule has 1 heterocycles. The van der Waals surface area contributed by atoms with Crippen LogP contribution in [0.1, 0.15) is 25.6 Å².